The topological polar surface area (TPSA) is 12.0 Å². The van der Waals surface area contributed by atoms with Crippen LogP contribution in [0.25, 0.3) is 0 Å². The van der Waals surface area contributed by atoms with Crippen LogP contribution in [0.2, 0.25) is 19.6 Å². The first-order valence-corrected chi connectivity index (χ1v) is 10.3. The van der Waals surface area contributed by atoms with Gasteiger partial charge in [-0.25, -0.2) is 0 Å². The number of alkyl halides is 1. The maximum atomic E-state index is 3.68. The van der Waals surface area contributed by atoms with E-state index in [0.29, 0.717) is 4.95 Å². The summed E-state index contributed by atoms with van der Waals surface area (Å²) in [4.78, 5) is 0.492. The van der Waals surface area contributed by atoms with Gasteiger partial charge in [-0.1, -0.05) is 60.2 Å². The number of hydrogen-bond acceptors (Lipinski definition) is 1. The van der Waals surface area contributed by atoms with E-state index in [4.69, 9.17) is 0 Å². The molecule has 1 heterocycles. The van der Waals surface area contributed by atoms with Gasteiger partial charge in [0, 0.05) is 6.54 Å². The Balaban J connectivity index is 2.91. The average molecular weight is 290 g/mol. The standard InChI is InChI=1S/C12H24BrNSi/c1-9(2)6-10-7-12(13)14-8-11(10)15(3,4)5/h9,12,14H,6-8H2,1-5H3. The van der Waals surface area contributed by atoms with E-state index < -0.39 is 8.07 Å². The quantitative estimate of drug-likeness (QED) is 0.472. The van der Waals surface area contributed by atoms with E-state index in [1.165, 1.54) is 12.8 Å². The Bertz CT molecular complexity index is 253. The first-order chi connectivity index (χ1) is 6.80. The highest BCUT2D eigenvalue weighted by atomic mass is 79.9. The van der Waals surface area contributed by atoms with E-state index in [1.54, 1.807) is 10.8 Å². The predicted octanol–water partition coefficient (Wildman–Crippen LogP) is 3.92. The van der Waals surface area contributed by atoms with Crippen LogP contribution >= 0.6 is 15.9 Å². The summed E-state index contributed by atoms with van der Waals surface area (Å²) in [6.07, 6.45) is 2.47. The van der Waals surface area contributed by atoms with Gasteiger partial charge in [-0.05, 0) is 18.8 Å². The monoisotopic (exact) mass is 289 g/mol. The number of halogens is 1. The molecule has 0 saturated heterocycles. The Morgan fingerprint density at radius 1 is 1.40 bits per heavy atom. The SMILES string of the molecule is CC(C)CC1=C([Si](C)(C)C)CNC(Br)C1. The molecule has 0 spiro atoms. The van der Waals surface area contributed by atoms with Crippen LogP contribution in [0.5, 0.6) is 0 Å². The van der Waals surface area contributed by atoms with Crippen LogP contribution in [0.1, 0.15) is 26.7 Å². The van der Waals surface area contributed by atoms with E-state index >= 15 is 0 Å². The highest BCUT2D eigenvalue weighted by Crippen LogP contribution is 2.30. The molecule has 0 saturated carbocycles. The fourth-order valence-corrected chi connectivity index (χ4v) is 4.69. The normalized spacial score (nSPS) is 23.8. The largest absolute Gasteiger partial charge is 0.301 e. The number of nitrogens with one attached hydrogen (secondary N) is 1. The minimum absolute atomic E-state index is 0.492. The van der Waals surface area contributed by atoms with Crippen LogP contribution < -0.4 is 5.32 Å². The molecular formula is C12H24BrNSi. The molecule has 0 amide bonds. The average Bonchev–Trinajstić information content (AvgIpc) is 1.99. The van der Waals surface area contributed by atoms with Gasteiger partial charge in [-0.15, -0.1) is 0 Å². The number of hydrogen-bond donors (Lipinski definition) is 1. The Morgan fingerprint density at radius 3 is 2.47 bits per heavy atom. The third kappa shape index (κ3) is 4.04. The van der Waals surface area contributed by atoms with Gasteiger partial charge in [0.1, 0.15) is 0 Å². The molecule has 3 heteroatoms. The summed E-state index contributed by atoms with van der Waals surface area (Å²) in [5.74, 6) is 0.782. The van der Waals surface area contributed by atoms with Gasteiger partial charge in [0.25, 0.3) is 0 Å². The van der Waals surface area contributed by atoms with Crippen LogP contribution in [-0.4, -0.2) is 19.6 Å². The highest BCUT2D eigenvalue weighted by molar-refractivity contribution is 9.09. The van der Waals surface area contributed by atoms with Crippen LogP contribution in [-0.2, 0) is 0 Å². The Hall–Kier alpha value is 0.397. The zero-order chi connectivity index (χ0) is 11.6. The maximum Gasteiger partial charge on any atom is 0.0740 e. The molecule has 0 aromatic rings. The highest BCUT2D eigenvalue weighted by Gasteiger charge is 2.27. The molecule has 1 unspecified atom stereocenters. The Morgan fingerprint density at radius 2 is 2.00 bits per heavy atom. The molecule has 1 rings (SSSR count). The lowest BCUT2D eigenvalue weighted by Crippen LogP contribution is -2.40. The van der Waals surface area contributed by atoms with Crippen molar-refractivity contribution in [2.24, 2.45) is 5.92 Å². The van der Waals surface area contributed by atoms with Crippen LogP contribution in [0.3, 0.4) is 0 Å². The minimum Gasteiger partial charge on any atom is -0.301 e. The summed E-state index contributed by atoms with van der Waals surface area (Å²) in [6.45, 7) is 13.1. The smallest absolute Gasteiger partial charge is 0.0740 e. The lowest BCUT2D eigenvalue weighted by Gasteiger charge is -2.33. The lowest BCUT2D eigenvalue weighted by molar-refractivity contribution is 0.575. The van der Waals surface area contributed by atoms with Gasteiger partial charge in [-0.3, -0.25) is 0 Å². The van der Waals surface area contributed by atoms with Crippen molar-refractivity contribution in [1.29, 1.82) is 0 Å². The van der Waals surface area contributed by atoms with E-state index in [9.17, 15) is 0 Å². The molecule has 0 aromatic heterocycles. The van der Waals surface area contributed by atoms with Gasteiger partial charge >= 0.3 is 0 Å². The fraction of sp³-hybridized carbons (Fsp3) is 0.833. The number of rotatable bonds is 3. The molecule has 0 fully saturated rings. The van der Waals surface area contributed by atoms with Crippen molar-refractivity contribution in [3.05, 3.63) is 10.8 Å². The summed E-state index contributed by atoms with van der Waals surface area (Å²) in [7, 11) is -1.12. The zero-order valence-corrected chi connectivity index (χ0v) is 13.2. The second-order valence-electron chi connectivity index (χ2n) is 5.98. The van der Waals surface area contributed by atoms with Crippen LogP contribution in [0, 0.1) is 5.92 Å². The third-order valence-corrected chi connectivity index (χ3v) is 5.90. The van der Waals surface area contributed by atoms with Gasteiger partial charge in [-0.2, -0.15) is 0 Å². The van der Waals surface area contributed by atoms with E-state index in [0.717, 1.165) is 12.5 Å². The minimum atomic E-state index is -1.12. The summed E-state index contributed by atoms with van der Waals surface area (Å²) < 4.78 is 0. The second kappa shape index (κ2) is 5.15. The summed E-state index contributed by atoms with van der Waals surface area (Å²) >= 11 is 3.68. The molecule has 1 N–H and O–H groups in total. The molecule has 1 nitrogen and oxygen atoms in total. The van der Waals surface area contributed by atoms with Crippen molar-refractivity contribution in [1.82, 2.24) is 5.32 Å². The van der Waals surface area contributed by atoms with Crippen molar-refractivity contribution in [2.75, 3.05) is 6.54 Å². The van der Waals surface area contributed by atoms with E-state index in [-0.39, 0.29) is 0 Å². The molecule has 1 aliphatic heterocycles. The lowest BCUT2D eigenvalue weighted by atomic mass is 9.98. The molecule has 0 aromatic carbocycles. The molecule has 1 aliphatic rings. The van der Waals surface area contributed by atoms with Crippen molar-refractivity contribution in [3.8, 4) is 0 Å². The first kappa shape index (κ1) is 13.5. The summed E-state index contributed by atoms with van der Waals surface area (Å²) in [5.41, 5.74) is 1.73. The molecule has 15 heavy (non-hydrogen) atoms. The summed E-state index contributed by atoms with van der Waals surface area (Å²) in [6, 6.07) is 0. The van der Waals surface area contributed by atoms with Crippen molar-refractivity contribution in [3.63, 3.8) is 0 Å². The maximum absolute atomic E-state index is 3.68. The fourth-order valence-electron chi connectivity index (χ4n) is 2.24. The second-order valence-corrected chi connectivity index (χ2v) is 12.2. The summed E-state index contributed by atoms with van der Waals surface area (Å²) in [5, 5.41) is 5.29. The Kier molecular flexibility index (Phi) is 4.62. The van der Waals surface area contributed by atoms with Gasteiger partial charge in [0.2, 0.25) is 0 Å². The molecule has 1 atom stereocenters. The Labute approximate surface area is 104 Å². The van der Waals surface area contributed by atoms with Crippen LogP contribution in [0.15, 0.2) is 10.8 Å². The van der Waals surface area contributed by atoms with Crippen LogP contribution in [0.4, 0.5) is 0 Å². The van der Waals surface area contributed by atoms with E-state index in [2.05, 4.69) is 54.7 Å². The zero-order valence-electron chi connectivity index (χ0n) is 10.7. The molecule has 0 radical (unpaired) electrons. The molecule has 0 aliphatic carbocycles. The van der Waals surface area contributed by atoms with Crippen molar-refractivity contribution in [2.45, 2.75) is 51.3 Å². The molecule has 88 valence electrons. The molecule has 0 bridgehead atoms. The van der Waals surface area contributed by atoms with Gasteiger partial charge < -0.3 is 5.32 Å². The molecular weight excluding hydrogens is 266 g/mol. The van der Waals surface area contributed by atoms with Crippen molar-refractivity contribution >= 4 is 24.0 Å². The van der Waals surface area contributed by atoms with Gasteiger partial charge in [0.05, 0.1) is 13.0 Å². The van der Waals surface area contributed by atoms with Gasteiger partial charge in [0.15, 0.2) is 0 Å². The third-order valence-electron chi connectivity index (χ3n) is 2.91. The van der Waals surface area contributed by atoms with Crippen molar-refractivity contribution < 1.29 is 0 Å². The van der Waals surface area contributed by atoms with E-state index in [1.807, 2.05) is 0 Å². The first-order valence-electron chi connectivity index (χ1n) is 5.89. The predicted molar refractivity (Wildman–Crippen MR) is 75.2 cm³/mol.